The number of carbonyl (C=O) groups is 1. The molecule has 1 unspecified atom stereocenters. The summed E-state index contributed by atoms with van der Waals surface area (Å²) < 4.78 is 29.4. The Hall–Kier alpha value is -1.85. The number of halogens is 2. The predicted octanol–water partition coefficient (Wildman–Crippen LogP) is 3.80. The van der Waals surface area contributed by atoms with E-state index in [1.807, 2.05) is 20.8 Å². The Labute approximate surface area is 123 Å². The molecule has 2 N–H and O–H groups in total. The number of ether oxygens (including phenoxy) is 1. The van der Waals surface area contributed by atoms with Crippen molar-refractivity contribution in [2.75, 3.05) is 11.9 Å². The van der Waals surface area contributed by atoms with Crippen molar-refractivity contribution in [3.05, 3.63) is 23.8 Å². The third-order valence-corrected chi connectivity index (χ3v) is 3.17. The molecule has 0 bridgehead atoms. The van der Waals surface area contributed by atoms with Crippen molar-refractivity contribution in [3.63, 3.8) is 0 Å². The Morgan fingerprint density at radius 2 is 1.95 bits per heavy atom. The first-order valence-electron chi connectivity index (χ1n) is 6.88. The van der Waals surface area contributed by atoms with E-state index in [-0.39, 0.29) is 12.1 Å². The van der Waals surface area contributed by atoms with Crippen LogP contribution in [0.5, 0.6) is 5.75 Å². The maximum Gasteiger partial charge on any atom is 0.319 e. The number of hydrogen-bond acceptors (Lipinski definition) is 2. The Morgan fingerprint density at radius 3 is 2.52 bits per heavy atom. The number of aryl methyl sites for hydroxylation is 1. The number of hydrogen-bond donors (Lipinski definition) is 2. The van der Waals surface area contributed by atoms with Crippen molar-refractivity contribution >= 4 is 11.7 Å². The van der Waals surface area contributed by atoms with Crippen LogP contribution in [0.25, 0.3) is 0 Å². The fourth-order valence-corrected chi connectivity index (χ4v) is 1.53. The Morgan fingerprint density at radius 1 is 1.29 bits per heavy atom. The molecular formula is C15H22F2N2O2. The van der Waals surface area contributed by atoms with Crippen LogP contribution in [0, 0.1) is 12.8 Å². The van der Waals surface area contributed by atoms with Crippen LogP contribution in [0.1, 0.15) is 26.3 Å². The van der Waals surface area contributed by atoms with Crippen molar-refractivity contribution in [2.24, 2.45) is 5.92 Å². The van der Waals surface area contributed by atoms with Crippen molar-refractivity contribution in [3.8, 4) is 5.75 Å². The maximum atomic E-state index is 12.2. The van der Waals surface area contributed by atoms with Gasteiger partial charge in [0, 0.05) is 17.8 Å². The molecule has 6 heteroatoms. The smallest absolute Gasteiger partial charge is 0.319 e. The average molecular weight is 300 g/mol. The molecule has 0 aliphatic rings. The second-order valence-corrected chi connectivity index (χ2v) is 5.31. The summed E-state index contributed by atoms with van der Waals surface area (Å²) in [5.41, 5.74) is 1.23. The van der Waals surface area contributed by atoms with E-state index in [1.54, 1.807) is 19.1 Å². The van der Waals surface area contributed by atoms with E-state index in [9.17, 15) is 13.6 Å². The van der Waals surface area contributed by atoms with Crippen LogP contribution >= 0.6 is 0 Å². The molecule has 4 nitrogen and oxygen atoms in total. The van der Waals surface area contributed by atoms with Gasteiger partial charge in [-0.25, -0.2) is 13.6 Å². The largest absolute Gasteiger partial charge is 0.487 e. The first-order valence-corrected chi connectivity index (χ1v) is 6.88. The van der Waals surface area contributed by atoms with Crippen molar-refractivity contribution in [2.45, 2.75) is 40.2 Å². The quantitative estimate of drug-likeness (QED) is 0.839. The van der Waals surface area contributed by atoms with Crippen LogP contribution < -0.4 is 15.4 Å². The van der Waals surface area contributed by atoms with Gasteiger partial charge in [0.05, 0.1) is 0 Å². The molecule has 1 aromatic carbocycles. The highest BCUT2D eigenvalue weighted by molar-refractivity contribution is 5.89. The molecule has 118 valence electrons. The van der Waals surface area contributed by atoms with Crippen LogP contribution in [0.2, 0.25) is 0 Å². The average Bonchev–Trinajstić information content (AvgIpc) is 2.38. The van der Waals surface area contributed by atoms with Gasteiger partial charge in [0.15, 0.2) is 0 Å². The van der Waals surface area contributed by atoms with Crippen molar-refractivity contribution in [1.29, 1.82) is 0 Å². The van der Waals surface area contributed by atoms with Gasteiger partial charge in [-0.15, -0.1) is 0 Å². The molecule has 1 aromatic rings. The number of nitrogens with one attached hydrogen (secondary N) is 2. The fraction of sp³-hybridized carbons (Fsp3) is 0.533. The molecule has 0 heterocycles. The topological polar surface area (TPSA) is 50.4 Å². The highest BCUT2D eigenvalue weighted by Gasteiger charge is 2.12. The SMILES string of the molecule is Cc1ccc(NC(=O)NC(C)C(C)C)cc1OCC(F)F. The van der Waals surface area contributed by atoms with E-state index < -0.39 is 13.0 Å². The van der Waals surface area contributed by atoms with Crippen LogP contribution in [0.4, 0.5) is 19.3 Å². The van der Waals surface area contributed by atoms with Gasteiger partial charge in [0.2, 0.25) is 0 Å². The molecule has 0 saturated heterocycles. The summed E-state index contributed by atoms with van der Waals surface area (Å²) in [4.78, 5) is 11.8. The highest BCUT2D eigenvalue weighted by atomic mass is 19.3. The molecule has 1 atom stereocenters. The lowest BCUT2D eigenvalue weighted by Crippen LogP contribution is -2.39. The third kappa shape index (κ3) is 5.97. The van der Waals surface area contributed by atoms with Crippen LogP contribution in [-0.4, -0.2) is 25.1 Å². The summed E-state index contributed by atoms with van der Waals surface area (Å²) in [6, 6.07) is 4.65. The molecule has 0 saturated carbocycles. The summed E-state index contributed by atoms with van der Waals surface area (Å²) in [6.07, 6.45) is -2.53. The lowest BCUT2D eigenvalue weighted by atomic mass is 10.1. The Kier molecular flexibility index (Phi) is 6.39. The second-order valence-electron chi connectivity index (χ2n) is 5.31. The summed E-state index contributed by atoms with van der Waals surface area (Å²) in [5, 5.41) is 5.47. The van der Waals surface area contributed by atoms with Crippen LogP contribution in [0.3, 0.4) is 0 Å². The lowest BCUT2D eigenvalue weighted by molar-refractivity contribution is 0.0816. The number of alkyl halides is 2. The van der Waals surface area contributed by atoms with E-state index in [0.29, 0.717) is 17.4 Å². The normalized spacial score (nSPS) is 12.4. The van der Waals surface area contributed by atoms with E-state index in [0.717, 1.165) is 5.56 Å². The van der Waals surface area contributed by atoms with Gasteiger partial charge in [-0.05, 0) is 31.4 Å². The molecule has 0 spiro atoms. The zero-order valence-electron chi connectivity index (χ0n) is 12.7. The van der Waals surface area contributed by atoms with Gasteiger partial charge in [-0.3, -0.25) is 0 Å². The fourth-order valence-electron chi connectivity index (χ4n) is 1.53. The zero-order chi connectivity index (χ0) is 16.0. The van der Waals surface area contributed by atoms with Gasteiger partial charge in [0.25, 0.3) is 6.43 Å². The first-order chi connectivity index (χ1) is 9.79. The van der Waals surface area contributed by atoms with Crippen LogP contribution in [0.15, 0.2) is 18.2 Å². The van der Waals surface area contributed by atoms with E-state index in [4.69, 9.17) is 4.74 Å². The van der Waals surface area contributed by atoms with Gasteiger partial charge in [-0.2, -0.15) is 0 Å². The minimum Gasteiger partial charge on any atom is -0.487 e. The van der Waals surface area contributed by atoms with E-state index in [1.165, 1.54) is 6.07 Å². The maximum absolute atomic E-state index is 12.2. The summed E-state index contributed by atoms with van der Waals surface area (Å²) in [5.74, 6) is 0.656. The highest BCUT2D eigenvalue weighted by Crippen LogP contribution is 2.23. The minimum absolute atomic E-state index is 0.0324. The summed E-state index contributed by atoms with van der Waals surface area (Å²) in [6.45, 7) is 7.02. The van der Waals surface area contributed by atoms with E-state index >= 15 is 0 Å². The molecule has 0 aliphatic heterocycles. The zero-order valence-corrected chi connectivity index (χ0v) is 12.7. The number of anilines is 1. The van der Waals surface area contributed by atoms with Gasteiger partial charge >= 0.3 is 6.03 Å². The van der Waals surface area contributed by atoms with Crippen LogP contribution in [-0.2, 0) is 0 Å². The standard InChI is InChI=1S/C15H22F2N2O2/c1-9(2)11(4)18-15(20)19-12-6-5-10(3)13(7-12)21-8-14(16)17/h5-7,9,11,14H,8H2,1-4H3,(H2,18,19,20). The molecule has 0 aromatic heterocycles. The predicted molar refractivity (Wildman–Crippen MR) is 79.1 cm³/mol. The summed E-state index contributed by atoms with van der Waals surface area (Å²) >= 11 is 0. The number of amides is 2. The lowest BCUT2D eigenvalue weighted by Gasteiger charge is -2.18. The first kappa shape index (κ1) is 17.2. The third-order valence-electron chi connectivity index (χ3n) is 3.17. The molecule has 0 radical (unpaired) electrons. The van der Waals surface area contributed by atoms with Gasteiger partial charge in [-0.1, -0.05) is 19.9 Å². The molecular weight excluding hydrogens is 278 g/mol. The summed E-state index contributed by atoms with van der Waals surface area (Å²) in [7, 11) is 0. The number of benzene rings is 1. The second kappa shape index (κ2) is 7.81. The Balaban J connectivity index is 2.67. The molecule has 0 fully saturated rings. The van der Waals surface area contributed by atoms with Crippen molar-refractivity contribution < 1.29 is 18.3 Å². The van der Waals surface area contributed by atoms with Gasteiger partial charge < -0.3 is 15.4 Å². The Bertz CT molecular complexity index is 479. The van der Waals surface area contributed by atoms with Gasteiger partial charge in [0.1, 0.15) is 12.4 Å². The number of urea groups is 1. The number of rotatable bonds is 6. The van der Waals surface area contributed by atoms with Crippen molar-refractivity contribution in [1.82, 2.24) is 5.32 Å². The molecule has 1 rings (SSSR count). The monoisotopic (exact) mass is 300 g/mol. The molecule has 21 heavy (non-hydrogen) atoms. The molecule has 0 aliphatic carbocycles. The van der Waals surface area contributed by atoms with E-state index in [2.05, 4.69) is 10.6 Å². The number of carbonyl (C=O) groups excluding carboxylic acids is 1. The molecule has 2 amide bonds. The minimum atomic E-state index is -2.53.